The lowest BCUT2D eigenvalue weighted by Gasteiger charge is -2.34. The number of halogens is 1. The van der Waals surface area contributed by atoms with Crippen LogP contribution in [-0.4, -0.2) is 70.8 Å². The van der Waals surface area contributed by atoms with Crippen LogP contribution in [0.5, 0.6) is 0 Å². The molecule has 1 fully saturated rings. The SMILES string of the molecule is CCN1CCN(C(=O)CCN(Cc2ccco2)C(=O)c2csc(Nc3cc(Cl)ccc3C)n2)CC1. The summed E-state index contributed by atoms with van der Waals surface area (Å²) >= 11 is 7.46. The summed E-state index contributed by atoms with van der Waals surface area (Å²) in [5.41, 5.74) is 2.19. The third-order valence-electron chi connectivity index (χ3n) is 6.15. The quantitative estimate of drug-likeness (QED) is 0.447. The van der Waals surface area contributed by atoms with Crippen LogP contribution in [0.15, 0.2) is 46.4 Å². The van der Waals surface area contributed by atoms with Crippen LogP contribution in [0.4, 0.5) is 10.8 Å². The van der Waals surface area contributed by atoms with Crippen molar-refractivity contribution >= 4 is 45.6 Å². The molecule has 0 spiro atoms. The van der Waals surface area contributed by atoms with Crippen LogP contribution in [-0.2, 0) is 11.3 Å². The second kappa shape index (κ2) is 11.7. The van der Waals surface area contributed by atoms with Crippen molar-refractivity contribution in [3.63, 3.8) is 0 Å². The molecule has 0 saturated carbocycles. The van der Waals surface area contributed by atoms with Gasteiger partial charge < -0.3 is 24.4 Å². The van der Waals surface area contributed by atoms with Crippen LogP contribution in [0.25, 0.3) is 0 Å². The molecule has 35 heavy (non-hydrogen) atoms. The molecule has 0 bridgehead atoms. The van der Waals surface area contributed by atoms with Crippen LogP contribution >= 0.6 is 22.9 Å². The summed E-state index contributed by atoms with van der Waals surface area (Å²) in [4.78, 5) is 36.6. The molecule has 2 amide bonds. The highest BCUT2D eigenvalue weighted by Crippen LogP contribution is 2.27. The Morgan fingerprint density at radius 2 is 2.03 bits per heavy atom. The van der Waals surface area contributed by atoms with Gasteiger partial charge in [-0.25, -0.2) is 4.98 Å². The summed E-state index contributed by atoms with van der Waals surface area (Å²) in [7, 11) is 0. The standard InChI is InChI=1S/C25H30ClN5O3S/c1-3-29-10-12-30(13-11-29)23(32)8-9-31(16-20-5-4-14-34-20)24(33)22-17-35-25(28-22)27-21-15-19(26)7-6-18(21)2/h4-7,14-15,17H,3,8-13,16H2,1-2H3,(H,27,28). The molecular weight excluding hydrogens is 486 g/mol. The van der Waals surface area contributed by atoms with Gasteiger partial charge in [0.15, 0.2) is 5.13 Å². The summed E-state index contributed by atoms with van der Waals surface area (Å²) in [5.74, 6) is 0.484. The van der Waals surface area contributed by atoms with Gasteiger partial charge in [0.1, 0.15) is 11.5 Å². The number of carbonyl (C=O) groups excluding carboxylic acids is 2. The molecule has 10 heteroatoms. The highest BCUT2D eigenvalue weighted by atomic mass is 35.5. The van der Waals surface area contributed by atoms with Crippen LogP contribution in [0, 0.1) is 6.92 Å². The maximum atomic E-state index is 13.4. The molecule has 1 aliphatic heterocycles. The van der Waals surface area contributed by atoms with Gasteiger partial charge in [-0.05, 0) is 43.3 Å². The van der Waals surface area contributed by atoms with Crippen LogP contribution in [0.2, 0.25) is 5.02 Å². The normalized spacial score (nSPS) is 14.2. The number of piperazine rings is 1. The predicted molar refractivity (Wildman–Crippen MR) is 138 cm³/mol. The molecule has 3 aromatic rings. The van der Waals surface area contributed by atoms with E-state index in [0.29, 0.717) is 28.2 Å². The zero-order chi connectivity index (χ0) is 24.8. The zero-order valence-corrected chi connectivity index (χ0v) is 21.6. The topological polar surface area (TPSA) is 81.9 Å². The second-order valence-corrected chi connectivity index (χ2v) is 9.79. The molecule has 1 aliphatic rings. The van der Waals surface area contributed by atoms with E-state index in [4.69, 9.17) is 16.0 Å². The summed E-state index contributed by atoms with van der Waals surface area (Å²) < 4.78 is 5.47. The van der Waals surface area contributed by atoms with Crippen molar-refractivity contribution in [3.05, 3.63) is 64.0 Å². The van der Waals surface area contributed by atoms with Crippen molar-refractivity contribution in [1.82, 2.24) is 19.7 Å². The molecule has 1 N–H and O–H groups in total. The van der Waals surface area contributed by atoms with Gasteiger partial charge in [0.2, 0.25) is 5.91 Å². The molecule has 186 valence electrons. The first-order chi connectivity index (χ1) is 16.9. The van der Waals surface area contributed by atoms with Gasteiger partial charge >= 0.3 is 0 Å². The Hall–Kier alpha value is -2.88. The fourth-order valence-corrected chi connectivity index (χ4v) is 4.85. The molecule has 0 unspecified atom stereocenters. The minimum absolute atomic E-state index is 0.0649. The van der Waals surface area contributed by atoms with Crippen LogP contribution in [0.1, 0.15) is 35.2 Å². The number of carbonyl (C=O) groups is 2. The number of anilines is 2. The van der Waals surface area contributed by atoms with E-state index in [0.717, 1.165) is 44.0 Å². The molecule has 3 heterocycles. The number of nitrogens with one attached hydrogen (secondary N) is 1. The highest BCUT2D eigenvalue weighted by molar-refractivity contribution is 7.14. The second-order valence-electron chi connectivity index (χ2n) is 8.49. The van der Waals surface area contributed by atoms with Gasteiger partial charge in [-0.1, -0.05) is 24.6 Å². The Kier molecular flexibility index (Phi) is 8.43. The average molecular weight is 516 g/mol. The van der Waals surface area contributed by atoms with Crippen molar-refractivity contribution in [1.29, 1.82) is 0 Å². The van der Waals surface area contributed by atoms with Gasteiger partial charge in [0.25, 0.3) is 5.91 Å². The van der Waals surface area contributed by atoms with Crippen molar-refractivity contribution in [2.45, 2.75) is 26.8 Å². The monoisotopic (exact) mass is 515 g/mol. The van der Waals surface area contributed by atoms with Crippen molar-refractivity contribution in [2.24, 2.45) is 0 Å². The predicted octanol–water partition coefficient (Wildman–Crippen LogP) is 4.64. The molecule has 0 radical (unpaired) electrons. The number of furan rings is 1. The lowest BCUT2D eigenvalue weighted by molar-refractivity contribution is -0.133. The summed E-state index contributed by atoms with van der Waals surface area (Å²) in [6.07, 6.45) is 1.84. The first-order valence-electron chi connectivity index (χ1n) is 11.7. The number of hydrogen-bond acceptors (Lipinski definition) is 7. The van der Waals surface area contributed by atoms with Crippen molar-refractivity contribution < 1.29 is 14.0 Å². The first-order valence-corrected chi connectivity index (χ1v) is 13.0. The third kappa shape index (κ3) is 6.62. The maximum Gasteiger partial charge on any atom is 0.273 e. The fraction of sp³-hybridized carbons (Fsp3) is 0.400. The molecule has 4 rings (SSSR count). The Bertz CT molecular complexity index is 1140. The van der Waals surface area contributed by atoms with Gasteiger partial charge in [-0.2, -0.15) is 0 Å². The van der Waals surface area contributed by atoms with E-state index in [9.17, 15) is 9.59 Å². The molecule has 1 aromatic carbocycles. The van der Waals surface area contributed by atoms with Crippen molar-refractivity contribution in [2.75, 3.05) is 44.6 Å². The molecular formula is C25H30ClN5O3S. The number of aromatic nitrogens is 1. The lowest BCUT2D eigenvalue weighted by Crippen LogP contribution is -2.49. The summed E-state index contributed by atoms with van der Waals surface area (Å²) in [6.45, 7) is 8.89. The average Bonchev–Trinajstić information content (AvgIpc) is 3.56. The van der Waals surface area contributed by atoms with E-state index >= 15 is 0 Å². The van der Waals surface area contributed by atoms with E-state index in [1.54, 1.807) is 22.6 Å². The Balaban J connectivity index is 1.42. The van der Waals surface area contributed by atoms with E-state index in [2.05, 4.69) is 22.1 Å². The number of thiazole rings is 1. The molecule has 1 saturated heterocycles. The zero-order valence-electron chi connectivity index (χ0n) is 20.0. The number of rotatable bonds is 9. The van der Waals surface area contributed by atoms with Crippen LogP contribution < -0.4 is 5.32 Å². The Morgan fingerprint density at radius 1 is 1.23 bits per heavy atom. The largest absolute Gasteiger partial charge is 0.467 e. The number of amides is 2. The highest BCUT2D eigenvalue weighted by Gasteiger charge is 2.24. The Labute approximate surface area is 214 Å². The minimum Gasteiger partial charge on any atom is -0.467 e. The van der Waals surface area contributed by atoms with E-state index in [1.807, 2.05) is 36.1 Å². The van der Waals surface area contributed by atoms with Gasteiger partial charge in [0, 0.05) is 55.2 Å². The van der Waals surface area contributed by atoms with E-state index < -0.39 is 0 Å². The van der Waals surface area contributed by atoms with E-state index in [1.165, 1.54) is 11.3 Å². The van der Waals surface area contributed by atoms with E-state index in [-0.39, 0.29) is 24.8 Å². The van der Waals surface area contributed by atoms with Gasteiger partial charge in [0.05, 0.1) is 12.8 Å². The number of benzene rings is 1. The molecule has 0 atom stereocenters. The van der Waals surface area contributed by atoms with Crippen LogP contribution in [0.3, 0.4) is 0 Å². The Morgan fingerprint density at radius 3 is 2.74 bits per heavy atom. The number of nitrogens with zero attached hydrogens (tertiary/aromatic N) is 4. The van der Waals surface area contributed by atoms with Gasteiger partial charge in [-0.15, -0.1) is 11.3 Å². The minimum atomic E-state index is -0.239. The molecule has 0 aliphatic carbocycles. The third-order valence-corrected chi connectivity index (χ3v) is 7.14. The maximum absolute atomic E-state index is 13.4. The molecule has 8 nitrogen and oxygen atoms in total. The van der Waals surface area contributed by atoms with Gasteiger partial charge in [-0.3, -0.25) is 9.59 Å². The fourth-order valence-electron chi connectivity index (χ4n) is 3.98. The summed E-state index contributed by atoms with van der Waals surface area (Å²) in [6, 6.07) is 9.19. The number of likely N-dealkylation sites (N-methyl/N-ethyl adjacent to an activating group) is 1. The lowest BCUT2D eigenvalue weighted by atomic mass is 10.2. The number of aryl methyl sites for hydroxylation is 1. The smallest absolute Gasteiger partial charge is 0.273 e. The first kappa shape index (κ1) is 25.2. The molecule has 2 aromatic heterocycles. The van der Waals surface area contributed by atoms with Crippen molar-refractivity contribution in [3.8, 4) is 0 Å². The summed E-state index contributed by atoms with van der Waals surface area (Å²) in [5, 5.41) is 6.19. The number of hydrogen-bond donors (Lipinski definition) is 1.